The van der Waals surface area contributed by atoms with Crippen LogP contribution in [0.15, 0.2) is 17.8 Å². The van der Waals surface area contributed by atoms with Crippen molar-refractivity contribution in [3.05, 3.63) is 23.5 Å². The first-order chi connectivity index (χ1) is 9.71. The molecule has 6 heteroatoms. The van der Waals surface area contributed by atoms with Crippen molar-refractivity contribution in [1.82, 2.24) is 14.7 Å². The molecule has 0 aromatic carbocycles. The van der Waals surface area contributed by atoms with Gasteiger partial charge < -0.3 is 10.4 Å². The molecule has 0 saturated heterocycles. The molecule has 2 N–H and O–H groups in total. The predicted octanol–water partition coefficient (Wildman–Crippen LogP) is 1.61. The molecule has 2 heterocycles. The lowest BCUT2D eigenvalue weighted by molar-refractivity contribution is -0.121. The maximum atomic E-state index is 12.0. The van der Waals surface area contributed by atoms with Crippen LogP contribution in [0.1, 0.15) is 31.4 Å². The molecule has 108 valence electrons. The third kappa shape index (κ3) is 2.71. The van der Waals surface area contributed by atoms with E-state index in [9.17, 15) is 9.90 Å². The van der Waals surface area contributed by atoms with Crippen molar-refractivity contribution in [2.24, 2.45) is 5.41 Å². The lowest BCUT2D eigenvalue weighted by atomic mass is 9.87. The van der Waals surface area contributed by atoms with E-state index in [4.69, 9.17) is 0 Å². The Labute approximate surface area is 121 Å². The molecular weight excluding hydrogens is 274 g/mol. The van der Waals surface area contributed by atoms with Gasteiger partial charge in [-0.1, -0.05) is 12.8 Å². The van der Waals surface area contributed by atoms with E-state index in [1.807, 2.05) is 22.2 Å². The molecule has 1 aliphatic carbocycles. The molecule has 2 aromatic rings. The molecule has 0 unspecified atom stereocenters. The Bertz CT molecular complexity index is 570. The van der Waals surface area contributed by atoms with Crippen molar-refractivity contribution in [3.8, 4) is 0 Å². The monoisotopic (exact) mass is 293 g/mol. The Hall–Kier alpha value is -1.40. The summed E-state index contributed by atoms with van der Waals surface area (Å²) < 4.78 is 1.93. The minimum absolute atomic E-state index is 0.0181. The fraction of sp³-hybridized carbons (Fsp3) is 0.571. The SMILES string of the molecule is O=C(Cc1cn2ccsc2n1)NCC1(CO)CCCC1. The van der Waals surface area contributed by atoms with Crippen molar-refractivity contribution >= 4 is 22.2 Å². The summed E-state index contributed by atoms with van der Waals surface area (Å²) in [5.74, 6) is -0.0181. The molecule has 0 aliphatic heterocycles. The highest BCUT2D eigenvalue weighted by Gasteiger charge is 2.33. The summed E-state index contributed by atoms with van der Waals surface area (Å²) in [7, 11) is 0. The number of aliphatic hydroxyl groups is 1. The number of carbonyl (C=O) groups excluding carboxylic acids is 1. The molecule has 1 saturated carbocycles. The minimum Gasteiger partial charge on any atom is -0.396 e. The van der Waals surface area contributed by atoms with Gasteiger partial charge in [0.25, 0.3) is 0 Å². The van der Waals surface area contributed by atoms with Gasteiger partial charge in [0.2, 0.25) is 5.91 Å². The van der Waals surface area contributed by atoms with Crippen molar-refractivity contribution in [1.29, 1.82) is 0 Å². The van der Waals surface area contributed by atoms with E-state index in [0.29, 0.717) is 13.0 Å². The quantitative estimate of drug-likeness (QED) is 0.880. The highest BCUT2D eigenvalue weighted by Crippen LogP contribution is 2.36. The van der Waals surface area contributed by atoms with E-state index < -0.39 is 0 Å². The third-order valence-electron chi connectivity index (χ3n) is 4.15. The minimum atomic E-state index is -0.0930. The number of nitrogens with zero attached hydrogens (tertiary/aromatic N) is 2. The zero-order chi connectivity index (χ0) is 14.0. The Morgan fingerprint density at radius 3 is 3.00 bits per heavy atom. The molecule has 20 heavy (non-hydrogen) atoms. The van der Waals surface area contributed by atoms with Crippen LogP contribution in [-0.2, 0) is 11.2 Å². The molecular formula is C14H19N3O2S. The van der Waals surface area contributed by atoms with E-state index in [1.54, 1.807) is 11.3 Å². The first-order valence-electron chi connectivity index (χ1n) is 6.99. The number of aliphatic hydroxyl groups excluding tert-OH is 1. The summed E-state index contributed by atoms with van der Waals surface area (Å²) in [6.45, 7) is 0.734. The van der Waals surface area contributed by atoms with Gasteiger partial charge in [-0.3, -0.25) is 9.20 Å². The van der Waals surface area contributed by atoms with E-state index in [2.05, 4.69) is 10.3 Å². The Balaban J connectivity index is 1.55. The molecule has 0 radical (unpaired) electrons. The van der Waals surface area contributed by atoms with Crippen LogP contribution in [0.5, 0.6) is 0 Å². The van der Waals surface area contributed by atoms with Crippen LogP contribution in [0.4, 0.5) is 0 Å². The standard InChI is InChI=1S/C14H19N3O2S/c18-10-14(3-1-2-4-14)9-15-12(19)7-11-8-17-5-6-20-13(17)16-11/h5-6,8,18H,1-4,7,9-10H2,(H,15,19). The first kappa shape index (κ1) is 13.6. The van der Waals surface area contributed by atoms with Gasteiger partial charge in [-0.25, -0.2) is 4.98 Å². The van der Waals surface area contributed by atoms with Crippen molar-refractivity contribution in [2.45, 2.75) is 32.1 Å². The second-order valence-corrected chi connectivity index (χ2v) is 6.52. The molecule has 1 amide bonds. The largest absolute Gasteiger partial charge is 0.396 e. The Morgan fingerprint density at radius 2 is 2.30 bits per heavy atom. The van der Waals surface area contributed by atoms with E-state index in [-0.39, 0.29) is 17.9 Å². The predicted molar refractivity (Wildman–Crippen MR) is 77.8 cm³/mol. The van der Waals surface area contributed by atoms with Crippen LogP contribution in [-0.4, -0.2) is 33.6 Å². The van der Waals surface area contributed by atoms with Gasteiger partial charge in [-0.05, 0) is 12.8 Å². The zero-order valence-corrected chi connectivity index (χ0v) is 12.2. The van der Waals surface area contributed by atoms with Crippen molar-refractivity contribution < 1.29 is 9.90 Å². The van der Waals surface area contributed by atoms with Crippen molar-refractivity contribution in [2.75, 3.05) is 13.2 Å². The Kier molecular flexibility index (Phi) is 3.76. The third-order valence-corrected chi connectivity index (χ3v) is 4.92. The zero-order valence-electron chi connectivity index (χ0n) is 11.3. The summed E-state index contributed by atoms with van der Waals surface area (Å²) in [4.78, 5) is 17.3. The smallest absolute Gasteiger partial charge is 0.226 e. The summed E-state index contributed by atoms with van der Waals surface area (Å²) >= 11 is 1.56. The van der Waals surface area contributed by atoms with E-state index >= 15 is 0 Å². The second kappa shape index (κ2) is 5.54. The average molecular weight is 293 g/mol. The van der Waals surface area contributed by atoms with Crippen LogP contribution < -0.4 is 5.32 Å². The van der Waals surface area contributed by atoms with E-state index in [0.717, 1.165) is 36.3 Å². The van der Waals surface area contributed by atoms with Gasteiger partial charge >= 0.3 is 0 Å². The molecule has 5 nitrogen and oxygen atoms in total. The van der Waals surface area contributed by atoms with Crippen molar-refractivity contribution in [3.63, 3.8) is 0 Å². The number of amides is 1. The summed E-state index contributed by atoms with van der Waals surface area (Å²) in [5.41, 5.74) is 0.698. The van der Waals surface area contributed by atoms with Gasteiger partial charge in [0.05, 0.1) is 18.7 Å². The molecule has 2 aromatic heterocycles. The highest BCUT2D eigenvalue weighted by molar-refractivity contribution is 7.15. The summed E-state index contributed by atoms with van der Waals surface area (Å²) in [6.07, 6.45) is 8.43. The highest BCUT2D eigenvalue weighted by atomic mass is 32.1. The number of carbonyl (C=O) groups is 1. The van der Waals surface area contributed by atoms with Crippen LogP contribution >= 0.6 is 11.3 Å². The van der Waals surface area contributed by atoms with Gasteiger partial charge in [0, 0.05) is 29.7 Å². The van der Waals surface area contributed by atoms with Crippen LogP contribution in [0, 0.1) is 5.41 Å². The van der Waals surface area contributed by atoms with Gasteiger partial charge in [0.15, 0.2) is 4.96 Å². The number of rotatable bonds is 5. The fourth-order valence-corrected chi connectivity index (χ4v) is 3.61. The van der Waals surface area contributed by atoms with Gasteiger partial charge in [0.1, 0.15) is 0 Å². The van der Waals surface area contributed by atoms with Gasteiger partial charge in [-0.15, -0.1) is 11.3 Å². The molecule has 1 fully saturated rings. The summed E-state index contributed by atoms with van der Waals surface area (Å²) in [5, 5.41) is 14.4. The normalized spacial score (nSPS) is 17.6. The van der Waals surface area contributed by atoms with Gasteiger partial charge in [-0.2, -0.15) is 0 Å². The first-order valence-corrected chi connectivity index (χ1v) is 7.87. The average Bonchev–Trinajstić information content (AvgIpc) is 3.12. The fourth-order valence-electron chi connectivity index (χ4n) is 2.89. The molecule has 0 atom stereocenters. The lowest BCUT2D eigenvalue weighted by Gasteiger charge is -2.26. The number of fused-ring (bicyclic) bond motifs is 1. The number of hydrogen-bond donors (Lipinski definition) is 2. The lowest BCUT2D eigenvalue weighted by Crippen LogP contribution is -2.38. The van der Waals surface area contributed by atoms with Crippen LogP contribution in [0.3, 0.4) is 0 Å². The molecule has 1 aliphatic rings. The maximum absolute atomic E-state index is 12.0. The second-order valence-electron chi connectivity index (χ2n) is 5.64. The molecule has 0 spiro atoms. The number of hydrogen-bond acceptors (Lipinski definition) is 4. The molecule has 3 rings (SSSR count). The number of imidazole rings is 1. The maximum Gasteiger partial charge on any atom is 0.226 e. The number of thiazole rings is 1. The topological polar surface area (TPSA) is 66.6 Å². The molecule has 0 bridgehead atoms. The van der Waals surface area contributed by atoms with Crippen LogP contribution in [0.2, 0.25) is 0 Å². The summed E-state index contributed by atoms with van der Waals surface area (Å²) in [6, 6.07) is 0. The number of nitrogens with one attached hydrogen (secondary N) is 1. The Morgan fingerprint density at radius 1 is 1.50 bits per heavy atom. The van der Waals surface area contributed by atoms with E-state index in [1.165, 1.54) is 0 Å². The van der Waals surface area contributed by atoms with Crippen LogP contribution in [0.25, 0.3) is 4.96 Å². The number of aromatic nitrogens is 2.